The summed E-state index contributed by atoms with van der Waals surface area (Å²) >= 11 is 1.79. The van der Waals surface area contributed by atoms with Crippen molar-refractivity contribution in [3.8, 4) is 33.2 Å². The van der Waals surface area contributed by atoms with Crippen molar-refractivity contribution in [3.05, 3.63) is 47.3 Å². The lowest BCUT2D eigenvalue weighted by molar-refractivity contribution is -0.119. The number of anilines is 1. The molecule has 0 bridgehead atoms. The van der Waals surface area contributed by atoms with Crippen LogP contribution in [0.4, 0.5) is 5.82 Å². The van der Waals surface area contributed by atoms with Gasteiger partial charge >= 0.3 is 0 Å². The van der Waals surface area contributed by atoms with E-state index in [4.69, 9.17) is 9.72 Å². The maximum atomic E-state index is 11.5. The number of amides is 1. The first-order chi connectivity index (χ1) is 15.0. The van der Waals surface area contributed by atoms with Gasteiger partial charge in [-0.15, -0.1) is 11.3 Å². The van der Waals surface area contributed by atoms with Crippen molar-refractivity contribution >= 4 is 23.1 Å². The summed E-state index contributed by atoms with van der Waals surface area (Å²) in [5.74, 6) is 1.41. The summed E-state index contributed by atoms with van der Waals surface area (Å²) in [5.41, 5.74) is 2.81. The predicted molar refractivity (Wildman–Crippen MR) is 125 cm³/mol. The summed E-state index contributed by atoms with van der Waals surface area (Å²) in [7, 11) is 1.54. The van der Waals surface area contributed by atoms with E-state index in [0.717, 1.165) is 48.6 Å². The van der Waals surface area contributed by atoms with Crippen molar-refractivity contribution in [1.82, 2.24) is 10.3 Å². The van der Waals surface area contributed by atoms with Crippen molar-refractivity contribution in [2.45, 2.75) is 32.7 Å². The van der Waals surface area contributed by atoms with E-state index < -0.39 is 0 Å². The zero-order valence-corrected chi connectivity index (χ0v) is 18.8. The zero-order chi connectivity index (χ0) is 22.0. The third-order valence-electron chi connectivity index (χ3n) is 5.50. The Kier molecular flexibility index (Phi) is 6.13. The van der Waals surface area contributed by atoms with E-state index in [0.29, 0.717) is 5.75 Å². The van der Waals surface area contributed by atoms with Crippen LogP contribution in [0, 0.1) is 0 Å². The lowest BCUT2D eigenvalue weighted by atomic mass is 10.1. The van der Waals surface area contributed by atoms with Crippen molar-refractivity contribution in [2.75, 3.05) is 25.1 Å². The minimum absolute atomic E-state index is 0.00359. The van der Waals surface area contributed by atoms with Gasteiger partial charge < -0.3 is 20.1 Å². The fourth-order valence-electron chi connectivity index (χ4n) is 3.90. The van der Waals surface area contributed by atoms with Crippen LogP contribution < -0.4 is 15.0 Å². The number of benzene rings is 1. The number of hydrogen-bond donors (Lipinski definition) is 2. The molecule has 2 N–H and O–H groups in total. The summed E-state index contributed by atoms with van der Waals surface area (Å²) in [4.78, 5) is 21.2. The van der Waals surface area contributed by atoms with Crippen LogP contribution in [-0.4, -0.2) is 42.2 Å². The van der Waals surface area contributed by atoms with Gasteiger partial charge in [0, 0.05) is 41.4 Å². The van der Waals surface area contributed by atoms with Crippen LogP contribution in [0.25, 0.3) is 21.7 Å². The smallest absolute Gasteiger partial charge is 0.217 e. The molecule has 2 aromatic heterocycles. The fourth-order valence-corrected chi connectivity index (χ4v) is 4.84. The minimum atomic E-state index is -0.00359. The number of methoxy groups -OCH3 is 1. The molecule has 162 valence electrons. The summed E-state index contributed by atoms with van der Waals surface area (Å²) in [6, 6.07) is 14.0. The van der Waals surface area contributed by atoms with Crippen molar-refractivity contribution in [2.24, 2.45) is 0 Å². The van der Waals surface area contributed by atoms with E-state index in [-0.39, 0.29) is 17.7 Å². The minimum Gasteiger partial charge on any atom is -0.504 e. The quantitative estimate of drug-likeness (QED) is 0.595. The number of nitrogens with zero attached hydrogens (tertiary/aromatic N) is 2. The van der Waals surface area contributed by atoms with Gasteiger partial charge in [0.2, 0.25) is 5.91 Å². The molecule has 1 fully saturated rings. The standard InChI is InChI=1S/C24H27N3O3S/c1-4-19-6-8-23(31-19)17-11-20(16-5-7-21(29)22(12-16)30-3)26-24(13-17)27-10-9-18(14-27)25-15(2)28/h5-8,11-13,18,29H,4,9-10,14H2,1-3H3,(H,25,28). The number of thiophene rings is 1. The van der Waals surface area contributed by atoms with E-state index in [1.54, 1.807) is 37.5 Å². The average molecular weight is 438 g/mol. The van der Waals surface area contributed by atoms with Crippen LogP contribution in [0.15, 0.2) is 42.5 Å². The SMILES string of the molecule is CCc1ccc(-c2cc(-c3ccc(O)c(OC)c3)nc(N3CCC(NC(C)=O)C3)c2)s1. The van der Waals surface area contributed by atoms with Crippen LogP contribution >= 0.6 is 11.3 Å². The molecular formula is C24H27N3O3S. The molecule has 1 saturated heterocycles. The molecule has 0 radical (unpaired) electrons. The molecule has 6 nitrogen and oxygen atoms in total. The van der Waals surface area contributed by atoms with E-state index in [2.05, 4.69) is 41.4 Å². The number of rotatable bonds is 6. The molecule has 4 rings (SSSR count). The normalized spacial score (nSPS) is 15.8. The number of pyridine rings is 1. The number of ether oxygens (including phenoxy) is 1. The molecule has 0 spiro atoms. The van der Waals surface area contributed by atoms with Crippen LogP contribution in [0.5, 0.6) is 11.5 Å². The van der Waals surface area contributed by atoms with Gasteiger partial charge in [0.25, 0.3) is 0 Å². The van der Waals surface area contributed by atoms with Crippen molar-refractivity contribution < 1.29 is 14.6 Å². The van der Waals surface area contributed by atoms with Gasteiger partial charge in [-0.3, -0.25) is 4.79 Å². The Balaban J connectivity index is 1.75. The summed E-state index contributed by atoms with van der Waals surface area (Å²) in [6.45, 7) is 5.29. The third kappa shape index (κ3) is 4.66. The number of aryl methyl sites for hydroxylation is 1. The molecule has 31 heavy (non-hydrogen) atoms. The number of nitrogens with one attached hydrogen (secondary N) is 1. The molecule has 1 aliphatic rings. The monoisotopic (exact) mass is 437 g/mol. The molecular weight excluding hydrogens is 410 g/mol. The van der Waals surface area contributed by atoms with E-state index in [1.165, 1.54) is 9.75 Å². The Bertz CT molecular complexity index is 1100. The first kappa shape index (κ1) is 21.2. The Labute approximate surface area is 186 Å². The molecule has 1 amide bonds. The van der Waals surface area contributed by atoms with E-state index in [1.807, 2.05) is 6.07 Å². The van der Waals surface area contributed by atoms with E-state index >= 15 is 0 Å². The highest BCUT2D eigenvalue weighted by molar-refractivity contribution is 7.15. The molecule has 7 heteroatoms. The number of hydrogen-bond acceptors (Lipinski definition) is 6. The van der Waals surface area contributed by atoms with Gasteiger partial charge in [-0.2, -0.15) is 0 Å². The van der Waals surface area contributed by atoms with Crippen LogP contribution in [0.3, 0.4) is 0 Å². The lowest BCUT2D eigenvalue weighted by Gasteiger charge is -2.20. The topological polar surface area (TPSA) is 74.7 Å². The second kappa shape index (κ2) is 8.98. The number of carbonyl (C=O) groups excluding carboxylic acids is 1. The first-order valence-corrected chi connectivity index (χ1v) is 11.3. The molecule has 1 unspecified atom stereocenters. The number of aromatic hydroxyl groups is 1. The van der Waals surface area contributed by atoms with Crippen molar-refractivity contribution in [3.63, 3.8) is 0 Å². The summed E-state index contributed by atoms with van der Waals surface area (Å²) in [5, 5.41) is 13.0. The predicted octanol–water partition coefficient (Wildman–Crippen LogP) is 4.47. The molecule has 3 aromatic rings. The highest BCUT2D eigenvalue weighted by atomic mass is 32.1. The molecule has 3 heterocycles. The summed E-state index contributed by atoms with van der Waals surface area (Å²) in [6.07, 6.45) is 1.90. The van der Waals surface area contributed by atoms with Crippen LogP contribution in [-0.2, 0) is 11.2 Å². The average Bonchev–Trinajstić information content (AvgIpc) is 3.43. The second-order valence-corrected chi connectivity index (χ2v) is 8.91. The highest BCUT2D eigenvalue weighted by Crippen LogP contribution is 2.36. The Morgan fingerprint density at radius 3 is 2.81 bits per heavy atom. The highest BCUT2D eigenvalue weighted by Gasteiger charge is 2.25. The van der Waals surface area contributed by atoms with Gasteiger partial charge in [0.15, 0.2) is 11.5 Å². The Morgan fingerprint density at radius 2 is 2.10 bits per heavy atom. The first-order valence-electron chi connectivity index (χ1n) is 10.5. The van der Waals surface area contributed by atoms with Gasteiger partial charge in [-0.1, -0.05) is 6.92 Å². The zero-order valence-electron chi connectivity index (χ0n) is 18.0. The number of phenolic OH excluding ortho intramolecular Hbond substituents is 1. The second-order valence-electron chi connectivity index (χ2n) is 7.74. The lowest BCUT2D eigenvalue weighted by Crippen LogP contribution is -2.35. The van der Waals surface area contributed by atoms with Gasteiger partial charge in [-0.25, -0.2) is 4.98 Å². The van der Waals surface area contributed by atoms with Gasteiger partial charge in [0.1, 0.15) is 5.82 Å². The van der Waals surface area contributed by atoms with Crippen LogP contribution in [0.1, 0.15) is 25.1 Å². The summed E-state index contributed by atoms with van der Waals surface area (Å²) < 4.78 is 5.29. The number of phenols is 1. The van der Waals surface area contributed by atoms with Gasteiger partial charge in [-0.05, 0) is 60.9 Å². The number of aromatic nitrogens is 1. The fraction of sp³-hybridized carbons (Fsp3) is 0.333. The molecule has 1 aromatic carbocycles. The third-order valence-corrected chi connectivity index (χ3v) is 6.78. The molecule has 1 aliphatic heterocycles. The molecule has 0 aliphatic carbocycles. The maximum Gasteiger partial charge on any atom is 0.217 e. The van der Waals surface area contributed by atoms with Crippen molar-refractivity contribution in [1.29, 1.82) is 0 Å². The maximum absolute atomic E-state index is 11.5. The number of carbonyl (C=O) groups is 1. The van der Waals surface area contributed by atoms with Crippen LogP contribution in [0.2, 0.25) is 0 Å². The molecule has 0 saturated carbocycles. The Hall–Kier alpha value is -3.06. The molecule has 1 atom stereocenters. The van der Waals surface area contributed by atoms with Gasteiger partial charge in [0.05, 0.1) is 12.8 Å². The van der Waals surface area contributed by atoms with E-state index in [9.17, 15) is 9.90 Å². The Morgan fingerprint density at radius 1 is 1.26 bits per heavy atom. The largest absolute Gasteiger partial charge is 0.504 e.